The molecule has 0 spiro atoms. The van der Waals surface area contributed by atoms with Crippen LogP contribution in [0, 0.1) is 0 Å². The summed E-state index contributed by atoms with van der Waals surface area (Å²) in [6.07, 6.45) is 6.50. The van der Waals surface area contributed by atoms with E-state index in [2.05, 4.69) is 0 Å². The molecule has 0 N–H and O–H groups in total. The van der Waals surface area contributed by atoms with E-state index >= 15 is 0 Å². The Kier molecular flexibility index (Phi) is 5.02. The molecule has 26 heavy (non-hydrogen) atoms. The van der Waals surface area contributed by atoms with Crippen LogP contribution in [0.25, 0.3) is 10.9 Å². The SMILES string of the molecule is C[C@@H](Sc1nc2ccccc2c(=O)n1C1CCCC1)C(=O)N1CCCC1. The first-order valence-electron chi connectivity index (χ1n) is 9.62. The maximum Gasteiger partial charge on any atom is 0.262 e. The van der Waals surface area contributed by atoms with Gasteiger partial charge in [-0.25, -0.2) is 4.98 Å². The maximum atomic E-state index is 13.2. The molecule has 0 unspecified atom stereocenters. The Morgan fingerprint density at radius 2 is 1.85 bits per heavy atom. The van der Waals surface area contributed by atoms with Crippen LogP contribution in [0.3, 0.4) is 0 Å². The molecule has 2 fully saturated rings. The van der Waals surface area contributed by atoms with Gasteiger partial charge in [0.15, 0.2) is 5.16 Å². The summed E-state index contributed by atoms with van der Waals surface area (Å²) in [5.41, 5.74) is 0.751. The average molecular weight is 372 g/mol. The molecule has 0 radical (unpaired) electrons. The fourth-order valence-corrected chi connectivity index (χ4v) is 5.16. The molecule has 1 amide bonds. The number of thioether (sulfide) groups is 1. The van der Waals surface area contributed by atoms with Gasteiger partial charge in [0.1, 0.15) is 0 Å². The second kappa shape index (κ2) is 7.43. The van der Waals surface area contributed by atoms with E-state index in [-0.39, 0.29) is 22.8 Å². The van der Waals surface area contributed by atoms with E-state index in [0.717, 1.165) is 57.1 Å². The van der Waals surface area contributed by atoms with Crippen molar-refractivity contribution in [1.82, 2.24) is 14.5 Å². The summed E-state index contributed by atoms with van der Waals surface area (Å²) < 4.78 is 1.87. The highest BCUT2D eigenvalue weighted by molar-refractivity contribution is 8.00. The number of carbonyl (C=O) groups excluding carboxylic acids is 1. The zero-order valence-electron chi connectivity index (χ0n) is 15.2. The van der Waals surface area contributed by atoms with E-state index in [0.29, 0.717) is 10.5 Å². The van der Waals surface area contributed by atoms with Gasteiger partial charge in [0.25, 0.3) is 5.56 Å². The summed E-state index contributed by atoms with van der Waals surface area (Å²) >= 11 is 1.44. The van der Waals surface area contributed by atoms with Crippen molar-refractivity contribution >= 4 is 28.6 Å². The van der Waals surface area contributed by atoms with Gasteiger partial charge in [-0.2, -0.15) is 0 Å². The Morgan fingerprint density at radius 3 is 2.58 bits per heavy atom. The van der Waals surface area contributed by atoms with Crippen molar-refractivity contribution in [3.8, 4) is 0 Å². The van der Waals surface area contributed by atoms with E-state index < -0.39 is 0 Å². The molecule has 5 nitrogen and oxygen atoms in total. The normalized spacial score (nSPS) is 19.3. The lowest BCUT2D eigenvalue weighted by Gasteiger charge is -2.23. The average Bonchev–Trinajstić information content (AvgIpc) is 3.35. The van der Waals surface area contributed by atoms with Crippen LogP contribution in [0.5, 0.6) is 0 Å². The molecule has 1 aromatic carbocycles. The monoisotopic (exact) mass is 371 g/mol. The van der Waals surface area contributed by atoms with Crippen LogP contribution in [-0.2, 0) is 4.79 Å². The van der Waals surface area contributed by atoms with Crippen LogP contribution in [-0.4, -0.2) is 38.7 Å². The lowest BCUT2D eigenvalue weighted by Crippen LogP contribution is -2.35. The van der Waals surface area contributed by atoms with Gasteiger partial charge in [0.05, 0.1) is 16.2 Å². The number of rotatable bonds is 4. The van der Waals surface area contributed by atoms with Crippen molar-refractivity contribution in [3.05, 3.63) is 34.6 Å². The van der Waals surface area contributed by atoms with Crippen molar-refractivity contribution in [2.24, 2.45) is 0 Å². The third kappa shape index (κ3) is 3.27. The Morgan fingerprint density at radius 1 is 1.15 bits per heavy atom. The Labute approximate surface area is 157 Å². The molecule has 0 bridgehead atoms. The fraction of sp³-hybridized carbons (Fsp3) is 0.550. The molecule has 2 heterocycles. The minimum Gasteiger partial charge on any atom is -0.342 e. The van der Waals surface area contributed by atoms with Crippen LogP contribution in [0.2, 0.25) is 0 Å². The Bertz CT molecular complexity index is 867. The van der Waals surface area contributed by atoms with Gasteiger partial charge in [0, 0.05) is 19.1 Å². The van der Waals surface area contributed by atoms with Crippen molar-refractivity contribution in [1.29, 1.82) is 0 Å². The van der Waals surface area contributed by atoms with Crippen molar-refractivity contribution in [3.63, 3.8) is 0 Å². The van der Waals surface area contributed by atoms with E-state index in [1.807, 2.05) is 40.7 Å². The number of nitrogens with zero attached hydrogens (tertiary/aromatic N) is 3. The van der Waals surface area contributed by atoms with Gasteiger partial charge in [-0.3, -0.25) is 14.2 Å². The highest BCUT2D eigenvalue weighted by Gasteiger charge is 2.28. The second-order valence-corrected chi connectivity index (χ2v) is 8.63. The minimum atomic E-state index is -0.228. The first-order valence-corrected chi connectivity index (χ1v) is 10.5. The zero-order chi connectivity index (χ0) is 18.1. The Balaban J connectivity index is 1.71. The molecule has 1 saturated heterocycles. The van der Waals surface area contributed by atoms with Crippen LogP contribution < -0.4 is 5.56 Å². The number of hydrogen-bond acceptors (Lipinski definition) is 4. The molecule has 1 aliphatic heterocycles. The number of likely N-dealkylation sites (tertiary alicyclic amines) is 1. The molecule has 2 aromatic rings. The van der Waals surface area contributed by atoms with E-state index in [1.165, 1.54) is 11.8 Å². The second-order valence-electron chi connectivity index (χ2n) is 7.32. The van der Waals surface area contributed by atoms with E-state index in [1.54, 1.807) is 0 Å². The van der Waals surface area contributed by atoms with Gasteiger partial charge < -0.3 is 4.90 Å². The molecule has 6 heteroatoms. The number of para-hydroxylation sites is 1. The van der Waals surface area contributed by atoms with Crippen LogP contribution >= 0.6 is 11.8 Å². The summed E-state index contributed by atoms with van der Waals surface area (Å²) in [4.78, 5) is 32.6. The number of benzene rings is 1. The highest BCUT2D eigenvalue weighted by atomic mass is 32.2. The molecule has 4 rings (SSSR count). The van der Waals surface area contributed by atoms with Crippen molar-refractivity contribution in [2.45, 2.75) is 61.9 Å². The summed E-state index contributed by atoms with van der Waals surface area (Å²) in [7, 11) is 0. The quantitative estimate of drug-likeness (QED) is 0.608. The van der Waals surface area contributed by atoms with E-state index in [9.17, 15) is 9.59 Å². The predicted molar refractivity (Wildman–Crippen MR) is 105 cm³/mol. The van der Waals surface area contributed by atoms with Gasteiger partial charge in [0.2, 0.25) is 5.91 Å². The third-order valence-electron chi connectivity index (χ3n) is 5.51. The van der Waals surface area contributed by atoms with Gasteiger partial charge in [-0.05, 0) is 44.7 Å². The largest absolute Gasteiger partial charge is 0.342 e. The number of fused-ring (bicyclic) bond motifs is 1. The number of hydrogen-bond donors (Lipinski definition) is 0. The standard InChI is InChI=1S/C20H25N3O2S/c1-14(18(24)22-12-6-7-13-22)26-20-21-17-11-5-4-10-16(17)19(25)23(20)15-8-2-3-9-15/h4-5,10-11,14-15H,2-3,6-9,12-13H2,1H3/t14-/m1/s1. The molecule has 1 saturated carbocycles. The summed E-state index contributed by atoms with van der Waals surface area (Å²) in [5.74, 6) is 0.160. The molecule has 1 aliphatic carbocycles. The summed E-state index contributed by atoms with van der Waals surface area (Å²) in [5, 5.41) is 1.14. The summed E-state index contributed by atoms with van der Waals surface area (Å²) in [6.45, 7) is 3.64. The van der Waals surface area contributed by atoms with Crippen LogP contribution in [0.15, 0.2) is 34.2 Å². The smallest absolute Gasteiger partial charge is 0.262 e. The first kappa shape index (κ1) is 17.6. The van der Waals surface area contributed by atoms with Gasteiger partial charge in [-0.15, -0.1) is 0 Å². The van der Waals surface area contributed by atoms with Crippen molar-refractivity contribution in [2.75, 3.05) is 13.1 Å². The molecule has 1 atom stereocenters. The zero-order valence-corrected chi connectivity index (χ0v) is 16.0. The predicted octanol–water partition coefficient (Wildman–Crippen LogP) is 3.61. The molecular weight excluding hydrogens is 346 g/mol. The number of amides is 1. The minimum absolute atomic E-state index is 0.0332. The lowest BCUT2D eigenvalue weighted by molar-refractivity contribution is -0.129. The lowest BCUT2D eigenvalue weighted by atomic mass is 10.2. The molecule has 138 valence electrons. The van der Waals surface area contributed by atoms with E-state index in [4.69, 9.17) is 4.98 Å². The molecular formula is C20H25N3O2S. The third-order valence-corrected chi connectivity index (χ3v) is 6.57. The van der Waals surface area contributed by atoms with Crippen molar-refractivity contribution < 1.29 is 4.79 Å². The topological polar surface area (TPSA) is 55.2 Å². The number of aromatic nitrogens is 2. The molecule has 1 aromatic heterocycles. The Hall–Kier alpha value is -1.82. The fourth-order valence-electron chi connectivity index (χ4n) is 4.10. The number of carbonyl (C=O) groups is 1. The van der Waals surface area contributed by atoms with Crippen LogP contribution in [0.4, 0.5) is 0 Å². The highest BCUT2D eigenvalue weighted by Crippen LogP contribution is 2.33. The molecule has 2 aliphatic rings. The van der Waals surface area contributed by atoms with Gasteiger partial charge >= 0.3 is 0 Å². The summed E-state index contributed by atoms with van der Waals surface area (Å²) in [6, 6.07) is 7.73. The van der Waals surface area contributed by atoms with Crippen LogP contribution in [0.1, 0.15) is 51.5 Å². The van der Waals surface area contributed by atoms with Gasteiger partial charge in [-0.1, -0.05) is 36.7 Å². The maximum absolute atomic E-state index is 13.2. The first-order chi connectivity index (χ1) is 12.6.